The Hall–Kier alpha value is -0.120. The number of piperazine rings is 1. The van der Waals surface area contributed by atoms with Crippen LogP contribution >= 0.6 is 0 Å². The molecule has 2 fully saturated rings. The molecular formula is C18H36N2O. The van der Waals surface area contributed by atoms with Crippen molar-refractivity contribution in [3.05, 3.63) is 0 Å². The molecule has 1 aliphatic heterocycles. The fourth-order valence-electron chi connectivity index (χ4n) is 4.13. The number of methoxy groups -OCH3 is 1. The van der Waals surface area contributed by atoms with Crippen LogP contribution in [0.4, 0.5) is 0 Å². The van der Waals surface area contributed by atoms with Crippen molar-refractivity contribution in [3.63, 3.8) is 0 Å². The van der Waals surface area contributed by atoms with Crippen LogP contribution in [0, 0.1) is 5.92 Å². The van der Waals surface area contributed by atoms with Crippen LogP contribution in [0.3, 0.4) is 0 Å². The highest BCUT2D eigenvalue weighted by Crippen LogP contribution is 2.32. The molecule has 2 aliphatic rings. The van der Waals surface area contributed by atoms with E-state index < -0.39 is 0 Å². The largest absolute Gasteiger partial charge is 0.385 e. The average Bonchev–Trinajstić information content (AvgIpc) is 2.53. The molecule has 2 rings (SSSR count). The van der Waals surface area contributed by atoms with Gasteiger partial charge in [-0.05, 0) is 51.5 Å². The van der Waals surface area contributed by atoms with Gasteiger partial charge in [0.25, 0.3) is 0 Å². The van der Waals surface area contributed by atoms with Crippen molar-refractivity contribution in [1.82, 2.24) is 10.2 Å². The van der Waals surface area contributed by atoms with Gasteiger partial charge in [-0.3, -0.25) is 4.90 Å². The van der Waals surface area contributed by atoms with Gasteiger partial charge in [-0.15, -0.1) is 0 Å². The smallest absolute Gasteiger partial charge is 0.0462 e. The second-order valence-electron chi connectivity index (χ2n) is 7.43. The van der Waals surface area contributed by atoms with Gasteiger partial charge < -0.3 is 10.1 Å². The van der Waals surface area contributed by atoms with Crippen molar-refractivity contribution in [2.24, 2.45) is 5.92 Å². The second kappa shape index (κ2) is 8.50. The third-order valence-corrected chi connectivity index (χ3v) is 5.78. The predicted octanol–water partition coefficient (Wildman–Crippen LogP) is 3.44. The summed E-state index contributed by atoms with van der Waals surface area (Å²) in [4.78, 5) is 2.81. The Morgan fingerprint density at radius 3 is 2.62 bits per heavy atom. The summed E-state index contributed by atoms with van der Waals surface area (Å²) in [5.74, 6) is 0.926. The van der Waals surface area contributed by atoms with Crippen LogP contribution in [0.25, 0.3) is 0 Å². The van der Waals surface area contributed by atoms with Crippen molar-refractivity contribution in [1.29, 1.82) is 0 Å². The van der Waals surface area contributed by atoms with Crippen molar-refractivity contribution in [3.8, 4) is 0 Å². The minimum absolute atomic E-state index is 0.312. The third kappa shape index (κ3) is 4.94. The van der Waals surface area contributed by atoms with E-state index in [2.05, 4.69) is 24.1 Å². The molecule has 1 heterocycles. The maximum atomic E-state index is 5.21. The van der Waals surface area contributed by atoms with E-state index in [1.807, 2.05) is 7.11 Å². The van der Waals surface area contributed by atoms with Crippen LogP contribution in [-0.4, -0.2) is 49.8 Å². The molecule has 1 saturated carbocycles. The van der Waals surface area contributed by atoms with Gasteiger partial charge in [-0.1, -0.05) is 26.2 Å². The molecule has 0 aromatic carbocycles. The van der Waals surface area contributed by atoms with Gasteiger partial charge in [0.1, 0.15) is 0 Å². The normalized spacial score (nSPS) is 32.4. The minimum Gasteiger partial charge on any atom is -0.385 e. The van der Waals surface area contributed by atoms with Crippen molar-refractivity contribution < 1.29 is 4.74 Å². The van der Waals surface area contributed by atoms with Crippen LogP contribution < -0.4 is 5.32 Å². The third-order valence-electron chi connectivity index (χ3n) is 5.78. The molecule has 21 heavy (non-hydrogen) atoms. The van der Waals surface area contributed by atoms with Crippen molar-refractivity contribution >= 4 is 0 Å². The zero-order valence-corrected chi connectivity index (χ0v) is 14.5. The molecule has 124 valence electrons. The lowest BCUT2D eigenvalue weighted by Gasteiger charge is -2.49. The number of hydrogen-bond donors (Lipinski definition) is 1. The fourth-order valence-corrected chi connectivity index (χ4v) is 4.13. The van der Waals surface area contributed by atoms with E-state index in [0.717, 1.165) is 18.6 Å². The van der Waals surface area contributed by atoms with Crippen LogP contribution in [0.15, 0.2) is 0 Å². The first kappa shape index (κ1) is 17.2. The molecule has 3 nitrogen and oxygen atoms in total. The summed E-state index contributed by atoms with van der Waals surface area (Å²) in [7, 11) is 1.81. The molecule has 1 aliphatic carbocycles. The average molecular weight is 296 g/mol. The number of unbranched alkanes of at least 4 members (excludes halogenated alkanes) is 1. The van der Waals surface area contributed by atoms with E-state index in [9.17, 15) is 0 Å². The number of hydrogen-bond acceptors (Lipinski definition) is 3. The van der Waals surface area contributed by atoms with E-state index in [1.54, 1.807) is 0 Å². The molecule has 2 unspecified atom stereocenters. The van der Waals surface area contributed by atoms with Gasteiger partial charge in [0.05, 0.1) is 0 Å². The Bertz CT molecular complexity index is 291. The van der Waals surface area contributed by atoms with E-state index in [-0.39, 0.29) is 0 Å². The molecule has 0 radical (unpaired) electrons. The van der Waals surface area contributed by atoms with Gasteiger partial charge in [0.2, 0.25) is 0 Å². The Kier molecular flexibility index (Phi) is 6.97. The Balaban J connectivity index is 1.92. The van der Waals surface area contributed by atoms with Gasteiger partial charge in [-0.2, -0.15) is 0 Å². The van der Waals surface area contributed by atoms with Crippen molar-refractivity contribution in [2.75, 3.05) is 33.4 Å². The molecule has 0 amide bonds. The molecule has 0 aromatic heterocycles. The maximum absolute atomic E-state index is 5.21. The highest BCUT2D eigenvalue weighted by atomic mass is 16.5. The lowest BCUT2D eigenvalue weighted by atomic mass is 9.80. The summed E-state index contributed by atoms with van der Waals surface area (Å²) in [5.41, 5.74) is 0.312. The number of nitrogens with zero attached hydrogens (tertiary/aromatic N) is 1. The number of ether oxygens (including phenoxy) is 1. The first-order valence-corrected chi connectivity index (χ1v) is 9.16. The molecule has 1 N–H and O–H groups in total. The minimum atomic E-state index is 0.312. The van der Waals surface area contributed by atoms with E-state index in [4.69, 9.17) is 4.74 Å². The van der Waals surface area contributed by atoms with E-state index in [0.29, 0.717) is 5.54 Å². The van der Waals surface area contributed by atoms with Gasteiger partial charge in [0.15, 0.2) is 0 Å². The molecule has 0 aromatic rings. The van der Waals surface area contributed by atoms with E-state index >= 15 is 0 Å². The van der Waals surface area contributed by atoms with Gasteiger partial charge >= 0.3 is 0 Å². The molecular weight excluding hydrogens is 260 g/mol. The zero-order valence-electron chi connectivity index (χ0n) is 14.5. The lowest BCUT2D eigenvalue weighted by Crippen LogP contribution is -2.64. The first-order valence-electron chi connectivity index (χ1n) is 9.16. The molecule has 0 bridgehead atoms. The Morgan fingerprint density at radius 2 is 1.95 bits per heavy atom. The maximum Gasteiger partial charge on any atom is 0.0462 e. The number of rotatable bonds is 7. The summed E-state index contributed by atoms with van der Waals surface area (Å²) in [6, 6.07) is 0.771. The standard InChI is InChI=1S/C18H36N2O/c1-4-18(2)15-20(12-8-9-13-21-3)17(14-19-18)16-10-6-5-7-11-16/h16-17,19H,4-15H2,1-3H3. The van der Waals surface area contributed by atoms with E-state index in [1.165, 1.54) is 71.0 Å². The van der Waals surface area contributed by atoms with Crippen LogP contribution in [0.5, 0.6) is 0 Å². The number of nitrogens with one attached hydrogen (secondary N) is 1. The van der Waals surface area contributed by atoms with Crippen LogP contribution in [-0.2, 0) is 4.74 Å². The Morgan fingerprint density at radius 1 is 1.19 bits per heavy atom. The van der Waals surface area contributed by atoms with Gasteiger partial charge in [0, 0.05) is 38.4 Å². The molecule has 1 saturated heterocycles. The summed E-state index contributed by atoms with van der Waals surface area (Å²) in [6.07, 6.45) is 10.9. The summed E-state index contributed by atoms with van der Waals surface area (Å²) in [6.45, 7) is 9.28. The fraction of sp³-hybridized carbons (Fsp3) is 1.00. The van der Waals surface area contributed by atoms with Gasteiger partial charge in [-0.25, -0.2) is 0 Å². The topological polar surface area (TPSA) is 24.5 Å². The highest BCUT2D eigenvalue weighted by Gasteiger charge is 2.37. The highest BCUT2D eigenvalue weighted by molar-refractivity contribution is 4.97. The quantitative estimate of drug-likeness (QED) is 0.728. The predicted molar refractivity (Wildman–Crippen MR) is 89.7 cm³/mol. The summed E-state index contributed by atoms with van der Waals surface area (Å²) in [5, 5.41) is 3.86. The van der Waals surface area contributed by atoms with Crippen LogP contribution in [0.1, 0.15) is 65.2 Å². The first-order chi connectivity index (χ1) is 10.2. The molecule has 3 heteroatoms. The molecule has 0 spiro atoms. The lowest BCUT2D eigenvalue weighted by molar-refractivity contribution is 0.0379. The summed E-state index contributed by atoms with van der Waals surface area (Å²) < 4.78 is 5.21. The monoisotopic (exact) mass is 296 g/mol. The van der Waals surface area contributed by atoms with Crippen LogP contribution in [0.2, 0.25) is 0 Å². The van der Waals surface area contributed by atoms with Crippen molar-refractivity contribution in [2.45, 2.75) is 76.8 Å². The summed E-state index contributed by atoms with van der Waals surface area (Å²) >= 11 is 0. The Labute approximate surface area is 131 Å². The second-order valence-corrected chi connectivity index (χ2v) is 7.43. The SMILES string of the molecule is CCC1(C)CN(CCCCOC)C(C2CCCCC2)CN1. The zero-order chi connectivity index (χ0) is 15.1. The molecule has 2 atom stereocenters.